The van der Waals surface area contributed by atoms with Crippen LogP contribution in [0.3, 0.4) is 0 Å². The molecule has 0 bridgehead atoms. The topological polar surface area (TPSA) is 77.5 Å². The number of methoxy groups -OCH3 is 2. The lowest BCUT2D eigenvalue weighted by Gasteiger charge is -2.02. The van der Waals surface area contributed by atoms with Crippen LogP contribution in [0.4, 0.5) is 0 Å². The largest absolute Gasteiger partial charge is 0.486 e. The molecule has 7 heteroatoms. The molecule has 3 rings (SSSR count). The fourth-order valence-electron chi connectivity index (χ4n) is 1.98. The van der Waals surface area contributed by atoms with Crippen molar-refractivity contribution in [2.24, 2.45) is 0 Å². The average Bonchev–Trinajstić information content (AvgIpc) is 3.23. The van der Waals surface area contributed by atoms with Gasteiger partial charge in [0.25, 0.3) is 5.91 Å². The highest BCUT2D eigenvalue weighted by Crippen LogP contribution is 2.29. The first-order chi connectivity index (χ1) is 13.1. The van der Waals surface area contributed by atoms with Crippen molar-refractivity contribution in [2.45, 2.75) is 0 Å². The van der Waals surface area contributed by atoms with E-state index in [-0.39, 0.29) is 12.5 Å². The van der Waals surface area contributed by atoms with E-state index in [1.165, 1.54) is 7.11 Å². The Bertz CT molecular complexity index is 851. The normalized spacial score (nSPS) is 9.56. The molecule has 0 atom stereocenters. The van der Waals surface area contributed by atoms with Crippen LogP contribution < -0.4 is 10.1 Å². The van der Waals surface area contributed by atoms with Gasteiger partial charge in [0.05, 0.1) is 20.4 Å². The summed E-state index contributed by atoms with van der Waals surface area (Å²) in [5.41, 5.74) is 1.66. The zero-order chi connectivity index (χ0) is 19.5. The van der Waals surface area contributed by atoms with Crippen LogP contribution in [0.25, 0.3) is 10.6 Å². The molecule has 1 heterocycles. The fourth-order valence-corrected chi connectivity index (χ4v) is 2.72. The molecule has 6 nitrogen and oxygen atoms in total. The van der Waals surface area contributed by atoms with Crippen LogP contribution in [0.15, 0.2) is 66.9 Å². The molecule has 0 unspecified atom stereocenters. The smallest absolute Gasteiger partial charge is 0.325 e. The number of thiazole rings is 1. The molecule has 1 amide bonds. The predicted octanol–water partition coefficient (Wildman–Crippen LogP) is 3.41. The molecule has 1 N–H and O–H groups in total. The third-order valence-corrected chi connectivity index (χ3v) is 4.37. The number of nitrogens with one attached hydrogen (secondary N) is 1. The Hall–Kier alpha value is -3.19. The quantitative estimate of drug-likeness (QED) is 0.682. The summed E-state index contributed by atoms with van der Waals surface area (Å²) in [7, 11) is 2.93. The summed E-state index contributed by atoms with van der Waals surface area (Å²) >= 11 is 1.55. The Balaban J connectivity index is 0.000000194. The van der Waals surface area contributed by atoms with Gasteiger partial charge in [-0.2, -0.15) is 0 Å². The number of hydrogen-bond acceptors (Lipinski definition) is 6. The van der Waals surface area contributed by atoms with Crippen molar-refractivity contribution < 1.29 is 19.1 Å². The number of amides is 1. The molecule has 0 saturated heterocycles. The zero-order valence-corrected chi connectivity index (χ0v) is 15.9. The van der Waals surface area contributed by atoms with Crippen molar-refractivity contribution in [3.8, 4) is 15.6 Å². The van der Waals surface area contributed by atoms with Crippen LogP contribution >= 0.6 is 11.3 Å². The van der Waals surface area contributed by atoms with E-state index in [2.05, 4.69) is 15.0 Å². The van der Waals surface area contributed by atoms with Gasteiger partial charge in [-0.3, -0.25) is 9.59 Å². The second kappa shape index (κ2) is 10.7. The van der Waals surface area contributed by atoms with Gasteiger partial charge in [-0.1, -0.05) is 59.9 Å². The Labute approximate surface area is 161 Å². The number of carbonyl (C=O) groups excluding carboxylic acids is 2. The van der Waals surface area contributed by atoms with Crippen molar-refractivity contribution in [1.82, 2.24) is 10.3 Å². The summed E-state index contributed by atoms with van der Waals surface area (Å²) in [4.78, 5) is 26.3. The number of esters is 1. The molecule has 0 aliphatic rings. The third kappa shape index (κ3) is 6.56. The van der Waals surface area contributed by atoms with E-state index >= 15 is 0 Å². The number of hydrogen-bond donors (Lipinski definition) is 1. The second-order valence-corrected chi connectivity index (χ2v) is 6.17. The maximum Gasteiger partial charge on any atom is 0.325 e. The third-order valence-electron chi connectivity index (χ3n) is 3.36. The van der Waals surface area contributed by atoms with Crippen molar-refractivity contribution >= 4 is 23.2 Å². The standard InChI is InChI=1S/C10H11NO3.C10H9NOS/c1-14-9(12)7-11-10(13)8-5-3-2-4-6-8;1-12-9-7-11-10(13-9)8-5-3-2-4-6-8/h2-6H,7H2,1H3,(H,11,13);2-7H,1H3. The number of ether oxygens (including phenoxy) is 2. The van der Waals surface area contributed by atoms with Crippen LogP contribution in [0.1, 0.15) is 10.4 Å². The van der Waals surface area contributed by atoms with Crippen molar-refractivity contribution in [1.29, 1.82) is 0 Å². The molecule has 0 aliphatic carbocycles. The van der Waals surface area contributed by atoms with Gasteiger partial charge in [0, 0.05) is 11.1 Å². The van der Waals surface area contributed by atoms with Gasteiger partial charge in [-0.25, -0.2) is 4.98 Å². The molecule has 1 aromatic heterocycles. The Morgan fingerprint density at radius 1 is 1.00 bits per heavy atom. The van der Waals surface area contributed by atoms with E-state index in [0.29, 0.717) is 5.56 Å². The highest BCUT2D eigenvalue weighted by atomic mass is 32.1. The van der Waals surface area contributed by atoms with Crippen molar-refractivity contribution in [3.63, 3.8) is 0 Å². The lowest BCUT2D eigenvalue weighted by atomic mass is 10.2. The molecule has 2 aromatic carbocycles. The first kappa shape index (κ1) is 20.1. The number of benzene rings is 2. The monoisotopic (exact) mass is 384 g/mol. The SMILES string of the molecule is COC(=O)CNC(=O)c1ccccc1.COc1cnc(-c2ccccc2)s1. The minimum Gasteiger partial charge on any atom is -0.486 e. The molecule has 27 heavy (non-hydrogen) atoms. The van der Waals surface area contributed by atoms with Gasteiger partial charge in [-0.05, 0) is 12.1 Å². The Morgan fingerprint density at radius 2 is 1.63 bits per heavy atom. The van der Waals surface area contributed by atoms with Crippen LogP contribution in [0.5, 0.6) is 5.06 Å². The minimum absolute atomic E-state index is 0.107. The van der Waals surface area contributed by atoms with E-state index < -0.39 is 5.97 Å². The minimum atomic E-state index is -0.464. The van der Waals surface area contributed by atoms with Crippen molar-refractivity contribution in [3.05, 3.63) is 72.4 Å². The summed E-state index contributed by atoms with van der Waals surface area (Å²) < 4.78 is 9.46. The molecule has 0 saturated carbocycles. The maximum absolute atomic E-state index is 11.3. The van der Waals surface area contributed by atoms with Gasteiger partial charge in [0.2, 0.25) is 0 Å². The fraction of sp³-hybridized carbons (Fsp3) is 0.150. The zero-order valence-electron chi connectivity index (χ0n) is 15.0. The van der Waals surface area contributed by atoms with E-state index in [0.717, 1.165) is 15.6 Å². The lowest BCUT2D eigenvalue weighted by Crippen LogP contribution is -2.29. The Morgan fingerprint density at radius 3 is 2.19 bits per heavy atom. The molecule has 3 aromatic rings. The first-order valence-corrected chi connectivity index (χ1v) is 8.91. The van der Waals surface area contributed by atoms with Crippen LogP contribution in [-0.4, -0.2) is 37.6 Å². The second-order valence-electron chi connectivity index (χ2n) is 5.18. The van der Waals surface area contributed by atoms with E-state index in [4.69, 9.17) is 4.74 Å². The average molecular weight is 384 g/mol. The van der Waals surface area contributed by atoms with Crippen LogP contribution in [0, 0.1) is 0 Å². The van der Waals surface area contributed by atoms with Gasteiger partial charge in [0.15, 0.2) is 5.06 Å². The molecular formula is C20H20N2O4S. The van der Waals surface area contributed by atoms with E-state index in [1.807, 2.05) is 36.4 Å². The Kier molecular flexibility index (Phi) is 7.99. The molecule has 0 aliphatic heterocycles. The highest BCUT2D eigenvalue weighted by molar-refractivity contribution is 7.16. The summed E-state index contributed by atoms with van der Waals surface area (Å²) in [5, 5.41) is 4.28. The molecule has 0 spiro atoms. The van der Waals surface area contributed by atoms with E-state index in [9.17, 15) is 9.59 Å². The number of aromatic nitrogens is 1. The highest BCUT2D eigenvalue weighted by Gasteiger charge is 2.06. The maximum atomic E-state index is 11.3. The summed E-state index contributed by atoms with van der Waals surface area (Å²) in [6.07, 6.45) is 1.74. The van der Waals surface area contributed by atoms with E-state index in [1.54, 1.807) is 48.9 Å². The first-order valence-electron chi connectivity index (χ1n) is 8.09. The summed E-state index contributed by atoms with van der Waals surface area (Å²) in [6, 6.07) is 18.8. The van der Waals surface area contributed by atoms with Gasteiger partial charge >= 0.3 is 5.97 Å². The number of nitrogens with zero attached hydrogens (tertiary/aromatic N) is 1. The summed E-state index contributed by atoms with van der Waals surface area (Å²) in [5.74, 6) is -0.745. The van der Waals surface area contributed by atoms with Gasteiger partial charge in [0.1, 0.15) is 11.6 Å². The summed E-state index contributed by atoms with van der Waals surface area (Å²) in [6.45, 7) is -0.107. The molecule has 0 fully saturated rings. The number of carbonyl (C=O) groups is 2. The molecular weight excluding hydrogens is 364 g/mol. The van der Waals surface area contributed by atoms with Gasteiger partial charge < -0.3 is 14.8 Å². The van der Waals surface area contributed by atoms with Gasteiger partial charge in [-0.15, -0.1) is 0 Å². The number of rotatable bonds is 5. The van der Waals surface area contributed by atoms with Crippen LogP contribution in [0.2, 0.25) is 0 Å². The molecule has 0 radical (unpaired) electrons. The predicted molar refractivity (Wildman–Crippen MR) is 105 cm³/mol. The molecule has 140 valence electrons. The lowest BCUT2D eigenvalue weighted by molar-refractivity contribution is -0.139. The van der Waals surface area contributed by atoms with Crippen LogP contribution in [-0.2, 0) is 9.53 Å². The van der Waals surface area contributed by atoms with Crippen molar-refractivity contribution in [2.75, 3.05) is 20.8 Å².